The maximum Gasteiger partial charge on any atom is 0.410 e. The molecule has 0 aliphatic carbocycles. The third kappa shape index (κ3) is 4.11. The summed E-state index contributed by atoms with van der Waals surface area (Å²) in [6.07, 6.45) is -0.491. The van der Waals surface area contributed by atoms with Crippen LogP contribution in [0.4, 0.5) is 13.6 Å². The quantitative estimate of drug-likeness (QED) is 0.815. The van der Waals surface area contributed by atoms with Gasteiger partial charge in [0.15, 0.2) is 0 Å². The Bertz CT molecular complexity index is 598. The van der Waals surface area contributed by atoms with E-state index in [1.165, 1.54) is 4.90 Å². The zero-order chi connectivity index (χ0) is 18.2. The van der Waals surface area contributed by atoms with Crippen LogP contribution in [0.15, 0.2) is 30.3 Å². The second kappa shape index (κ2) is 6.56. The van der Waals surface area contributed by atoms with Crippen LogP contribution in [0.25, 0.3) is 0 Å². The van der Waals surface area contributed by atoms with Crippen molar-refractivity contribution in [3.05, 3.63) is 35.9 Å². The number of fused-ring (bicyclic) bond motifs is 2. The van der Waals surface area contributed by atoms with Crippen LogP contribution < -0.4 is 0 Å². The van der Waals surface area contributed by atoms with E-state index in [4.69, 9.17) is 4.74 Å². The molecule has 0 aromatic heterocycles. The van der Waals surface area contributed by atoms with Crippen LogP contribution in [0.2, 0.25) is 0 Å². The monoisotopic (exact) mass is 352 g/mol. The van der Waals surface area contributed by atoms with E-state index in [0.717, 1.165) is 5.56 Å². The maximum atomic E-state index is 14.6. The first-order valence-electron chi connectivity index (χ1n) is 8.77. The van der Waals surface area contributed by atoms with Crippen molar-refractivity contribution in [2.24, 2.45) is 11.8 Å². The zero-order valence-corrected chi connectivity index (χ0v) is 15.0. The minimum atomic E-state index is -2.73. The number of likely N-dealkylation sites (tertiary alicyclic amines) is 2. The molecule has 0 spiro atoms. The first-order valence-corrected chi connectivity index (χ1v) is 8.77. The Morgan fingerprint density at radius 2 is 1.68 bits per heavy atom. The number of hydrogen-bond donors (Lipinski definition) is 0. The van der Waals surface area contributed by atoms with Gasteiger partial charge in [-0.2, -0.15) is 0 Å². The van der Waals surface area contributed by atoms with Gasteiger partial charge in [0, 0.05) is 32.7 Å². The minimum Gasteiger partial charge on any atom is -0.444 e. The Labute approximate surface area is 147 Å². The van der Waals surface area contributed by atoms with Crippen LogP contribution in [-0.4, -0.2) is 53.6 Å². The average molecular weight is 352 g/mol. The van der Waals surface area contributed by atoms with E-state index in [-0.39, 0.29) is 26.2 Å². The number of rotatable bonds is 2. The van der Waals surface area contributed by atoms with Crippen molar-refractivity contribution in [1.29, 1.82) is 0 Å². The molecule has 0 radical (unpaired) electrons. The van der Waals surface area contributed by atoms with Crippen molar-refractivity contribution < 1.29 is 18.3 Å². The van der Waals surface area contributed by atoms with Gasteiger partial charge in [-0.15, -0.1) is 0 Å². The summed E-state index contributed by atoms with van der Waals surface area (Å²) in [6.45, 7) is 6.68. The average Bonchev–Trinajstić information content (AvgIpc) is 2.47. The summed E-state index contributed by atoms with van der Waals surface area (Å²) in [4.78, 5) is 15.8. The lowest BCUT2D eigenvalue weighted by molar-refractivity contribution is -0.185. The summed E-state index contributed by atoms with van der Waals surface area (Å²) in [6, 6.07) is 9.88. The van der Waals surface area contributed by atoms with Crippen molar-refractivity contribution in [2.45, 2.75) is 38.8 Å². The second-order valence-corrected chi connectivity index (χ2v) is 8.13. The number of hydrogen-bond acceptors (Lipinski definition) is 3. The molecule has 2 aliphatic heterocycles. The van der Waals surface area contributed by atoms with Gasteiger partial charge in [0.1, 0.15) is 5.60 Å². The molecule has 2 aliphatic rings. The molecule has 2 saturated heterocycles. The molecule has 138 valence electrons. The Balaban J connectivity index is 1.68. The van der Waals surface area contributed by atoms with Gasteiger partial charge >= 0.3 is 6.09 Å². The molecule has 25 heavy (non-hydrogen) atoms. The van der Waals surface area contributed by atoms with Gasteiger partial charge < -0.3 is 9.64 Å². The van der Waals surface area contributed by atoms with Crippen LogP contribution in [0.5, 0.6) is 0 Å². The Morgan fingerprint density at radius 3 is 2.20 bits per heavy atom. The van der Waals surface area contributed by atoms with Crippen molar-refractivity contribution in [3.8, 4) is 0 Å². The lowest BCUT2D eigenvalue weighted by Gasteiger charge is -2.50. The van der Waals surface area contributed by atoms with Gasteiger partial charge in [-0.25, -0.2) is 13.6 Å². The third-order valence-corrected chi connectivity index (χ3v) is 4.83. The highest BCUT2D eigenvalue weighted by molar-refractivity contribution is 5.68. The van der Waals surface area contributed by atoms with E-state index >= 15 is 0 Å². The molecule has 2 unspecified atom stereocenters. The third-order valence-electron chi connectivity index (χ3n) is 4.83. The molecule has 1 aromatic rings. The molecule has 0 N–H and O–H groups in total. The van der Waals surface area contributed by atoms with Gasteiger partial charge in [-0.3, -0.25) is 4.90 Å². The van der Waals surface area contributed by atoms with Crippen LogP contribution in [0.1, 0.15) is 26.3 Å². The van der Waals surface area contributed by atoms with Gasteiger partial charge in [-0.1, -0.05) is 30.3 Å². The number of alkyl halides is 2. The van der Waals surface area contributed by atoms with Crippen LogP contribution >= 0.6 is 0 Å². The molecule has 1 amide bonds. The fraction of sp³-hybridized carbons (Fsp3) is 0.632. The predicted octanol–water partition coefficient (Wildman–Crippen LogP) is 3.62. The SMILES string of the molecule is CC(C)(C)OC(=O)N1CC2CN(Cc3ccccc3)CC(C1)C2(F)F. The number of carbonyl (C=O) groups is 1. The summed E-state index contributed by atoms with van der Waals surface area (Å²) in [5.74, 6) is -4.43. The lowest BCUT2D eigenvalue weighted by atomic mass is 9.80. The summed E-state index contributed by atoms with van der Waals surface area (Å²) < 4.78 is 34.6. The summed E-state index contributed by atoms with van der Waals surface area (Å²) in [5, 5.41) is 0. The van der Waals surface area contributed by atoms with E-state index in [9.17, 15) is 13.6 Å². The fourth-order valence-electron chi connectivity index (χ4n) is 3.69. The van der Waals surface area contributed by atoms with Crippen LogP contribution in [0, 0.1) is 11.8 Å². The molecule has 2 fully saturated rings. The highest BCUT2D eigenvalue weighted by atomic mass is 19.3. The zero-order valence-electron chi connectivity index (χ0n) is 15.0. The van der Waals surface area contributed by atoms with Crippen molar-refractivity contribution in [1.82, 2.24) is 9.80 Å². The van der Waals surface area contributed by atoms with E-state index < -0.39 is 29.5 Å². The summed E-state index contributed by atoms with van der Waals surface area (Å²) in [5.41, 5.74) is 0.501. The Morgan fingerprint density at radius 1 is 1.12 bits per heavy atom. The molecule has 1 aromatic carbocycles. The largest absolute Gasteiger partial charge is 0.444 e. The number of amides is 1. The molecular formula is C19H26F2N2O2. The smallest absolute Gasteiger partial charge is 0.410 e. The lowest BCUT2D eigenvalue weighted by Crippen LogP contribution is -2.64. The number of carbonyl (C=O) groups excluding carboxylic acids is 1. The van der Waals surface area contributed by atoms with Crippen LogP contribution in [-0.2, 0) is 11.3 Å². The highest BCUT2D eigenvalue weighted by Crippen LogP contribution is 2.42. The first kappa shape index (κ1) is 18.1. The Kier molecular flexibility index (Phi) is 4.75. The summed E-state index contributed by atoms with van der Waals surface area (Å²) in [7, 11) is 0. The van der Waals surface area contributed by atoms with Gasteiger partial charge in [0.05, 0.1) is 11.8 Å². The van der Waals surface area contributed by atoms with Gasteiger partial charge in [0.25, 0.3) is 5.92 Å². The molecule has 3 rings (SSSR count). The number of nitrogens with zero attached hydrogens (tertiary/aromatic N) is 2. The molecular weight excluding hydrogens is 326 g/mol. The van der Waals surface area contributed by atoms with Crippen molar-refractivity contribution >= 4 is 6.09 Å². The number of benzene rings is 1. The molecule has 0 saturated carbocycles. The van der Waals surface area contributed by atoms with Crippen molar-refractivity contribution in [3.63, 3.8) is 0 Å². The van der Waals surface area contributed by atoms with Crippen molar-refractivity contribution in [2.75, 3.05) is 26.2 Å². The maximum absolute atomic E-state index is 14.6. The summed E-state index contributed by atoms with van der Waals surface area (Å²) >= 11 is 0. The van der Waals surface area contributed by atoms with E-state index in [0.29, 0.717) is 6.54 Å². The minimum absolute atomic E-state index is 0.0453. The predicted molar refractivity (Wildman–Crippen MR) is 91.5 cm³/mol. The van der Waals surface area contributed by atoms with Gasteiger partial charge in [-0.05, 0) is 26.3 Å². The number of piperidine rings is 2. The number of halogens is 2. The Hall–Kier alpha value is -1.69. The molecule has 2 heterocycles. The molecule has 2 atom stereocenters. The molecule has 6 heteroatoms. The fourth-order valence-corrected chi connectivity index (χ4v) is 3.69. The number of ether oxygens (including phenoxy) is 1. The van der Waals surface area contributed by atoms with Crippen LogP contribution in [0.3, 0.4) is 0 Å². The van der Waals surface area contributed by atoms with Gasteiger partial charge in [0.2, 0.25) is 0 Å². The topological polar surface area (TPSA) is 32.8 Å². The molecule has 4 nitrogen and oxygen atoms in total. The first-order chi connectivity index (χ1) is 11.6. The standard InChI is InChI=1S/C19H26F2N2O2/c1-18(2,3)25-17(24)23-12-15-10-22(9-14-7-5-4-6-8-14)11-16(13-23)19(15,20)21/h4-8,15-16H,9-13H2,1-3H3. The second-order valence-electron chi connectivity index (χ2n) is 8.13. The van der Waals surface area contributed by atoms with E-state index in [1.807, 2.05) is 30.3 Å². The normalized spacial score (nSPS) is 26.4. The van der Waals surface area contributed by atoms with E-state index in [1.54, 1.807) is 20.8 Å². The highest BCUT2D eigenvalue weighted by Gasteiger charge is 2.56. The molecule has 2 bridgehead atoms. The van der Waals surface area contributed by atoms with E-state index in [2.05, 4.69) is 4.90 Å².